The lowest BCUT2D eigenvalue weighted by molar-refractivity contribution is 0.157. The number of hydrogen-bond donors (Lipinski definition) is 1. The summed E-state index contributed by atoms with van der Waals surface area (Å²) < 4.78 is 17.9. The standard InChI is InChI=1S/C25H28N4O3/c1-16-10-18-11-19(4-5-21(18)28-16)32-25-20-12-23(30-3)24(13-22(20)26-15-27-25)31-14-17-6-8-29(2)9-7-17/h4-5,10-13,15,17,28H,6-9,14H2,1-3H3. The Labute approximate surface area is 187 Å². The van der Waals surface area contributed by atoms with Crippen LogP contribution in [0.1, 0.15) is 18.5 Å². The molecule has 1 aliphatic rings. The van der Waals surface area contributed by atoms with Crippen LogP contribution in [0.25, 0.3) is 21.8 Å². The van der Waals surface area contributed by atoms with E-state index < -0.39 is 0 Å². The molecule has 1 saturated heterocycles. The minimum absolute atomic E-state index is 0.488. The number of nitrogens with zero attached hydrogens (tertiary/aromatic N) is 3. The maximum absolute atomic E-state index is 6.17. The van der Waals surface area contributed by atoms with Crippen LogP contribution in [0.5, 0.6) is 23.1 Å². The van der Waals surface area contributed by atoms with Crippen molar-refractivity contribution in [3.8, 4) is 23.1 Å². The smallest absolute Gasteiger partial charge is 0.230 e. The molecule has 0 unspecified atom stereocenters. The normalized spacial score (nSPS) is 15.3. The minimum atomic E-state index is 0.488. The zero-order valence-electron chi connectivity index (χ0n) is 18.7. The summed E-state index contributed by atoms with van der Waals surface area (Å²) in [5.41, 5.74) is 2.95. The number of ether oxygens (including phenoxy) is 3. The Morgan fingerprint density at radius 2 is 1.91 bits per heavy atom. The summed E-state index contributed by atoms with van der Waals surface area (Å²) in [7, 11) is 3.82. The number of aromatic amines is 1. The van der Waals surface area contributed by atoms with Crippen LogP contribution in [0.4, 0.5) is 0 Å². The van der Waals surface area contributed by atoms with Gasteiger partial charge in [0.05, 0.1) is 24.6 Å². The summed E-state index contributed by atoms with van der Waals surface area (Å²) in [6, 6.07) is 11.9. The van der Waals surface area contributed by atoms with Gasteiger partial charge in [-0.15, -0.1) is 0 Å². The highest BCUT2D eigenvalue weighted by molar-refractivity contribution is 5.87. The van der Waals surface area contributed by atoms with E-state index in [4.69, 9.17) is 14.2 Å². The highest BCUT2D eigenvalue weighted by Gasteiger charge is 2.19. The fourth-order valence-electron chi connectivity index (χ4n) is 4.26. The predicted molar refractivity (Wildman–Crippen MR) is 125 cm³/mol. The number of aromatic nitrogens is 3. The van der Waals surface area contributed by atoms with Crippen molar-refractivity contribution in [2.24, 2.45) is 5.92 Å². The number of hydrogen-bond acceptors (Lipinski definition) is 6. The Kier molecular flexibility index (Phi) is 5.57. The lowest BCUT2D eigenvalue weighted by Crippen LogP contribution is -2.32. The molecule has 1 fully saturated rings. The fraction of sp³-hybridized carbons (Fsp3) is 0.360. The van der Waals surface area contributed by atoms with Gasteiger partial charge in [0.1, 0.15) is 12.1 Å². The number of H-pyrrole nitrogens is 1. The van der Waals surface area contributed by atoms with E-state index in [-0.39, 0.29) is 0 Å². The van der Waals surface area contributed by atoms with Crippen LogP contribution in [-0.4, -0.2) is 53.7 Å². The summed E-state index contributed by atoms with van der Waals surface area (Å²) in [6.07, 6.45) is 3.82. The number of nitrogens with one attached hydrogen (secondary N) is 1. The summed E-state index contributed by atoms with van der Waals surface area (Å²) in [5, 5.41) is 1.88. The van der Waals surface area contributed by atoms with E-state index in [1.165, 1.54) is 6.33 Å². The summed E-state index contributed by atoms with van der Waals surface area (Å²) in [5.74, 6) is 3.12. The van der Waals surface area contributed by atoms with Crippen molar-refractivity contribution < 1.29 is 14.2 Å². The van der Waals surface area contributed by atoms with Gasteiger partial charge in [0.25, 0.3) is 0 Å². The van der Waals surface area contributed by atoms with Crippen molar-refractivity contribution in [2.45, 2.75) is 19.8 Å². The number of benzene rings is 2. The SMILES string of the molecule is COc1cc2c(Oc3ccc4[nH]c(C)cc4c3)ncnc2cc1OCC1CCN(C)CC1. The second-order valence-corrected chi connectivity index (χ2v) is 8.56. The quantitative estimate of drug-likeness (QED) is 0.465. The van der Waals surface area contributed by atoms with Gasteiger partial charge in [-0.25, -0.2) is 9.97 Å². The Balaban J connectivity index is 1.40. The highest BCUT2D eigenvalue weighted by Crippen LogP contribution is 2.37. The lowest BCUT2D eigenvalue weighted by atomic mass is 9.98. The number of likely N-dealkylation sites (tertiary alicyclic amines) is 1. The molecular weight excluding hydrogens is 404 g/mol. The second kappa shape index (κ2) is 8.67. The number of aryl methyl sites for hydroxylation is 1. The molecule has 0 bridgehead atoms. The Morgan fingerprint density at radius 3 is 2.72 bits per heavy atom. The molecule has 2 aromatic heterocycles. The van der Waals surface area contributed by atoms with Crippen LogP contribution in [0, 0.1) is 12.8 Å². The maximum Gasteiger partial charge on any atom is 0.230 e. The molecule has 3 heterocycles. The Bertz CT molecular complexity index is 1240. The van der Waals surface area contributed by atoms with E-state index in [0.717, 1.165) is 59.2 Å². The predicted octanol–water partition coefficient (Wildman–Crippen LogP) is 4.94. The Morgan fingerprint density at radius 1 is 1.06 bits per heavy atom. The van der Waals surface area contributed by atoms with E-state index in [9.17, 15) is 0 Å². The molecule has 2 aromatic carbocycles. The van der Waals surface area contributed by atoms with Gasteiger partial charge >= 0.3 is 0 Å². The van der Waals surface area contributed by atoms with Crippen molar-refractivity contribution >= 4 is 21.8 Å². The number of piperidine rings is 1. The van der Waals surface area contributed by atoms with Crippen LogP contribution in [0.2, 0.25) is 0 Å². The van der Waals surface area contributed by atoms with E-state index in [1.54, 1.807) is 7.11 Å². The molecule has 0 spiro atoms. The van der Waals surface area contributed by atoms with Crippen LogP contribution in [0.15, 0.2) is 42.7 Å². The minimum Gasteiger partial charge on any atom is -0.493 e. The van der Waals surface area contributed by atoms with Crippen molar-refractivity contribution in [1.82, 2.24) is 19.9 Å². The first-order chi connectivity index (χ1) is 15.6. The molecule has 0 atom stereocenters. The molecule has 1 aliphatic heterocycles. The molecule has 5 rings (SSSR count). The van der Waals surface area contributed by atoms with Crippen LogP contribution in [0.3, 0.4) is 0 Å². The third-order valence-electron chi connectivity index (χ3n) is 6.14. The first-order valence-corrected chi connectivity index (χ1v) is 11.0. The van der Waals surface area contributed by atoms with Gasteiger partial charge in [0.2, 0.25) is 5.88 Å². The molecule has 7 nitrogen and oxygen atoms in total. The Hall–Kier alpha value is -3.32. The average molecular weight is 433 g/mol. The first kappa shape index (κ1) is 20.6. The van der Waals surface area contributed by atoms with Crippen molar-refractivity contribution in [3.05, 3.63) is 48.4 Å². The number of rotatable bonds is 6. The topological polar surface area (TPSA) is 72.5 Å². The second-order valence-electron chi connectivity index (χ2n) is 8.56. The van der Waals surface area contributed by atoms with E-state index in [2.05, 4.69) is 33.0 Å². The monoisotopic (exact) mass is 432 g/mol. The van der Waals surface area contributed by atoms with Crippen molar-refractivity contribution in [1.29, 1.82) is 0 Å². The van der Waals surface area contributed by atoms with E-state index in [0.29, 0.717) is 29.9 Å². The van der Waals surface area contributed by atoms with E-state index in [1.807, 2.05) is 37.3 Å². The van der Waals surface area contributed by atoms with Crippen molar-refractivity contribution in [2.75, 3.05) is 33.9 Å². The van der Waals surface area contributed by atoms with Gasteiger partial charge < -0.3 is 24.1 Å². The van der Waals surface area contributed by atoms with Gasteiger partial charge in [0, 0.05) is 22.7 Å². The molecule has 7 heteroatoms. The third kappa shape index (κ3) is 4.21. The summed E-state index contributed by atoms with van der Waals surface area (Å²) >= 11 is 0. The van der Waals surface area contributed by atoms with Gasteiger partial charge in [0.15, 0.2) is 11.5 Å². The average Bonchev–Trinajstić information content (AvgIpc) is 3.17. The first-order valence-electron chi connectivity index (χ1n) is 11.0. The maximum atomic E-state index is 6.17. The molecule has 0 saturated carbocycles. The summed E-state index contributed by atoms with van der Waals surface area (Å²) in [4.78, 5) is 14.5. The van der Waals surface area contributed by atoms with Crippen LogP contribution >= 0.6 is 0 Å². The molecular formula is C25H28N4O3. The van der Waals surface area contributed by atoms with Gasteiger partial charge in [-0.3, -0.25) is 0 Å². The van der Waals surface area contributed by atoms with Crippen LogP contribution in [-0.2, 0) is 0 Å². The molecule has 166 valence electrons. The van der Waals surface area contributed by atoms with Gasteiger partial charge in [-0.1, -0.05) is 0 Å². The van der Waals surface area contributed by atoms with Crippen molar-refractivity contribution in [3.63, 3.8) is 0 Å². The zero-order chi connectivity index (χ0) is 22.1. The summed E-state index contributed by atoms with van der Waals surface area (Å²) in [6.45, 7) is 4.95. The third-order valence-corrected chi connectivity index (χ3v) is 6.14. The number of methoxy groups -OCH3 is 1. The zero-order valence-corrected chi connectivity index (χ0v) is 18.7. The van der Waals surface area contributed by atoms with E-state index >= 15 is 0 Å². The lowest BCUT2D eigenvalue weighted by Gasteiger charge is -2.28. The molecule has 0 amide bonds. The molecule has 4 aromatic rings. The highest BCUT2D eigenvalue weighted by atomic mass is 16.5. The number of fused-ring (bicyclic) bond motifs is 2. The van der Waals surface area contributed by atoms with Gasteiger partial charge in [-0.05, 0) is 76.2 Å². The molecule has 32 heavy (non-hydrogen) atoms. The largest absolute Gasteiger partial charge is 0.493 e. The molecule has 0 aliphatic carbocycles. The van der Waals surface area contributed by atoms with Gasteiger partial charge in [-0.2, -0.15) is 0 Å². The fourth-order valence-corrected chi connectivity index (χ4v) is 4.26. The van der Waals surface area contributed by atoms with Crippen LogP contribution < -0.4 is 14.2 Å². The molecule has 0 radical (unpaired) electrons. The molecule has 1 N–H and O–H groups in total.